The van der Waals surface area contributed by atoms with Gasteiger partial charge in [-0.1, -0.05) is 26.7 Å². The van der Waals surface area contributed by atoms with E-state index < -0.39 is 0 Å². The van der Waals surface area contributed by atoms with Crippen molar-refractivity contribution >= 4 is 5.91 Å². The second-order valence-corrected chi connectivity index (χ2v) is 5.64. The van der Waals surface area contributed by atoms with Gasteiger partial charge in [-0.3, -0.25) is 10.1 Å². The molecule has 2 rings (SSSR count). The average Bonchev–Trinajstić information content (AvgIpc) is 3.05. The van der Waals surface area contributed by atoms with E-state index in [0.29, 0.717) is 12.5 Å². The fourth-order valence-electron chi connectivity index (χ4n) is 3.06. The standard InChI is InChI=1S/C14H26N2O2/c1-4-6-11(10-18-3)16-12(7-5-2)15-14(8-9-14)13(16)17/h11-12,15H,4-10H2,1-3H3. The van der Waals surface area contributed by atoms with E-state index in [2.05, 4.69) is 24.1 Å². The number of carbonyl (C=O) groups is 1. The lowest BCUT2D eigenvalue weighted by Gasteiger charge is -2.32. The molecule has 2 atom stereocenters. The van der Waals surface area contributed by atoms with Gasteiger partial charge in [0.1, 0.15) is 0 Å². The van der Waals surface area contributed by atoms with Crippen LogP contribution in [0.5, 0.6) is 0 Å². The minimum absolute atomic E-state index is 0.195. The molecule has 4 heteroatoms. The quantitative estimate of drug-likeness (QED) is 0.754. The van der Waals surface area contributed by atoms with Crippen LogP contribution in [0.4, 0.5) is 0 Å². The molecule has 0 aromatic heterocycles. The molecule has 1 N–H and O–H groups in total. The molecule has 0 bridgehead atoms. The van der Waals surface area contributed by atoms with E-state index in [9.17, 15) is 4.79 Å². The van der Waals surface area contributed by atoms with Crippen molar-refractivity contribution in [1.82, 2.24) is 10.2 Å². The van der Waals surface area contributed by atoms with Gasteiger partial charge < -0.3 is 9.64 Å². The van der Waals surface area contributed by atoms with Gasteiger partial charge in [0.2, 0.25) is 5.91 Å². The number of amides is 1. The van der Waals surface area contributed by atoms with Gasteiger partial charge in [-0.2, -0.15) is 0 Å². The minimum atomic E-state index is -0.195. The Kier molecular flexibility index (Phi) is 4.28. The average molecular weight is 254 g/mol. The third-order valence-electron chi connectivity index (χ3n) is 4.11. The second-order valence-electron chi connectivity index (χ2n) is 5.64. The van der Waals surface area contributed by atoms with Gasteiger partial charge in [-0.05, 0) is 25.7 Å². The minimum Gasteiger partial charge on any atom is -0.383 e. The van der Waals surface area contributed by atoms with Gasteiger partial charge in [0.15, 0.2) is 0 Å². The van der Waals surface area contributed by atoms with Crippen LogP contribution in [0.15, 0.2) is 0 Å². The number of hydrogen-bond acceptors (Lipinski definition) is 3. The van der Waals surface area contributed by atoms with E-state index in [-0.39, 0.29) is 17.7 Å². The van der Waals surface area contributed by atoms with Crippen molar-refractivity contribution in [3.8, 4) is 0 Å². The smallest absolute Gasteiger partial charge is 0.244 e. The lowest BCUT2D eigenvalue weighted by molar-refractivity contribution is -0.134. The molecule has 0 aromatic carbocycles. The Labute approximate surface area is 110 Å². The van der Waals surface area contributed by atoms with Crippen LogP contribution in [0, 0.1) is 0 Å². The molecule has 104 valence electrons. The molecule has 2 fully saturated rings. The first-order valence-corrected chi connectivity index (χ1v) is 7.28. The predicted octanol–water partition coefficient (Wildman–Crippen LogP) is 1.89. The molecule has 1 spiro atoms. The van der Waals surface area contributed by atoms with Crippen LogP contribution in [-0.4, -0.2) is 42.3 Å². The van der Waals surface area contributed by atoms with Crippen LogP contribution >= 0.6 is 0 Å². The number of nitrogens with zero attached hydrogens (tertiary/aromatic N) is 1. The maximum Gasteiger partial charge on any atom is 0.244 e. The number of ether oxygens (including phenoxy) is 1. The van der Waals surface area contributed by atoms with Crippen molar-refractivity contribution in [3.63, 3.8) is 0 Å². The predicted molar refractivity (Wildman–Crippen MR) is 71.2 cm³/mol. The van der Waals surface area contributed by atoms with E-state index in [4.69, 9.17) is 4.74 Å². The van der Waals surface area contributed by atoms with Gasteiger partial charge in [0.05, 0.1) is 24.4 Å². The molecule has 1 saturated heterocycles. The van der Waals surface area contributed by atoms with Crippen molar-refractivity contribution in [2.75, 3.05) is 13.7 Å². The summed E-state index contributed by atoms with van der Waals surface area (Å²) in [5.41, 5.74) is -0.195. The Morgan fingerprint density at radius 3 is 2.67 bits per heavy atom. The molecule has 0 aromatic rings. The molecule has 0 radical (unpaired) electrons. The zero-order valence-corrected chi connectivity index (χ0v) is 11.9. The SMILES string of the molecule is CCCC(COC)N1C(=O)C2(CC2)NC1CCC. The monoisotopic (exact) mass is 254 g/mol. The van der Waals surface area contributed by atoms with Crippen LogP contribution in [0.3, 0.4) is 0 Å². The van der Waals surface area contributed by atoms with Crippen molar-refractivity contribution in [3.05, 3.63) is 0 Å². The first-order valence-electron chi connectivity index (χ1n) is 7.28. The largest absolute Gasteiger partial charge is 0.383 e. The summed E-state index contributed by atoms with van der Waals surface area (Å²) in [7, 11) is 1.72. The highest BCUT2D eigenvalue weighted by Crippen LogP contribution is 2.43. The first-order chi connectivity index (χ1) is 8.68. The molecule has 2 aliphatic rings. The van der Waals surface area contributed by atoms with Crippen LogP contribution < -0.4 is 5.32 Å². The second kappa shape index (κ2) is 5.57. The summed E-state index contributed by atoms with van der Waals surface area (Å²) < 4.78 is 5.31. The number of nitrogens with one attached hydrogen (secondary N) is 1. The zero-order chi connectivity index (χ0) is 13.2. The normalized spacial score (nSPS) is 26.9. The van der Waals surface area contributed by atoms with Crippen LogP contribution in [0.1, 0.15) is 52.4 Å². The maximum absolute atomic E-state index is 12.6. The molecule has 4 nitrogen and oxygen atoms in total. The molecule has 1 aliphatic carbocycles. The summed E-state index contributed by atoms with van der Waals surface area (Å²) in [6, 6.07) is 0.233. The van der Waals surface area contributed by atoms with E-state index in [1.807, 2.05) is 0 Å². The molecular formula is C14H26N2O2. The molecule has 18 heavy (non-hydrogen) atoms. The van der Waals surface area contributed by atoms with Gasteiger partial charge in [-0.15, -0.1) is 0 Å². The lowest BCUT2D eigenvalue weighted by Crippen LogP contribution is -2.46. The number of carbonyl (C=O) groups excluding carboxylic acids is 1. The van der Waals surface area contributed by atoms with Crippen LogP contribution in [0.2, 0.25) is 0 Å². The summed E-state index contributed by atoms with van der Waals surface area (Å²) in [4.78, 5) is 14.7. The van der Waals surface area contributed by atoms with Gasteiger partial charge in [0, 0.05) is 7.11 Å². The van der Waals surface area contributed by atoms with Crippen molar-refractivity contribution in [2.45, 2.75) is 70.1 Å². The lowest BCUT2D eigenvalue weighted by atomic mass is 10.1. The Hall–Kier alpha value is -0.610. The van der Waals surface area contributed by atoms with E-state index >= 15 is 0 Å². The Morgan fingerprint density at radius 1 is 1.44 bits per heavy atom. The molecule has 1 aliphatic heterocycles. The summed E-state index contributed by atoms with van der Waals surface area (Å²) in [5, 5.41) is 3.56. The Balaban J connectivity index is 2.12. The van der Waals surface area contributed by atoms with Crippen molar-refractivity contribution in [1.29, 1.82) is 0 Å². The highest BCUT2D eigenvalue weighted by Gasteiger charge is 2.59. The fourth-order valence-corrected chi connectivity index (χ4v) is 3.06. The van der Waals surface area contributed by atoms with Crippen molar-refractivity contribution in [2.24, 2.45) is 0 Å². The molecule has 1 heterocycles. The molecular weight excluding hydrogens is 228 g/mol. The Bertz CT molecular complexity index is 296. The van der Waals surface area contributed by atoms with E-state index in [1.165, 1.54) is 0 Å². The highest BCUT2D eigenvalue weighted by molar-refractivity contribution is 5.92. The molecule has 1 saturated carbocycles. The summed E-state index contributed by atoms with van der Waals surface area (Å²) in [5.74, 6) is 0.316. The summed E-state index contributed by atoms with van der Waals surface area (Å²) in [6.45, 7) is 4.99. The number of hydrogen-bond donors (Lipinski definition) is 1. The highest BCUT2D eigenvalue weighted by atomic mass is 16.5. The van der Waals surface area contributed by atoms with Crippen molar-refractivity contribution < 1.29 is 9.53 Å². The topological polar surface area (TPSA) is 41.6 Å². The summed E-state index contributed by atoms with van der Waals surface area (Å²) >= 11 is 0. The third-order valence-corrected chi connectivity index (χ3v) is 4.11. The number of methoxy groups -OCH3 is 1. The molecule has 1 amide bonds. The Morgan fingerprint density at radius 2 is 2.17 bits per heavy atom. The van der Waals surface area contributed by atoms with Crippen LogP contribution in [-0.2, 0) is 9.53 Å². The van der Waals surface area contributed by atoms with Gasteiger partial charge in [0.25, 0.3) is 0 Å². The van der Waals surface area contributed by atoms with E-state index in [0.717, 1.165) is 38.5 Å². The maximum atomic E-state index is 12.6. The third kappa shape index (κ3) is 2.41. The fraction of sp³-hybridized carbons (Fsp3) is 0.929. The zero-order valence-electron chi connectivity index (χ0n) is 11.9. The van der Waals surface area contributed by atoms with Gasteiger partial charge in [-0.25, -0.2) is 0 Å². The summed E-state index contributed by atoms with van der Waals surface area (Å²) in [6.07, 6.45) is 6.49. The number of rotatable bonds is 7. The van der Waals surface area contributed by atoms with Crippen LogP contribution in [0.25, 0.3) is 0 Å². The molecule has 2 unspecified atom stereocenters. The van der Waals surface area contributed by atoms with Gasteiger partial charge >= 0.3 is 0 Å². The van der Waals surface area contributed by atoms with E-state index in [1.54, 1.807) is 7.11 Å². The first kappa shape index (κ1) is 13.8.